The summed E-state index contributed by atoms with van der Waals surface area (Å²) in [4.78, 5) is 31.5. The zero-order chi connectivity index (χ0) is 26.1. The molecule has 1 saturated heterocycles. The average Bonchev–Trinajstić information content (AvgIpc) is 3.61. The number of methoxy groups -OCH3 is 2. The zero-order valence-corrected chi connectivity index (χ0v) is 21.1. The molecule has 2 aromatic carbocycles. The van der Waals surface area contributed by atoms with Gasteiger partial charge in [0, 0.05) is 24.7 Å². The molecule has 1 aliphatic heterocycles. The van der Waals surface area contributed by atoms with Gasteiger partial charge in [0.1, 0.15) is 28.6 Å². The van der Waals surface area contributed by atoms with Gasteiger partial charge in [0.25, 0.3) is 11.5 Å². The lowest BCUT2D eigenvalue weighted by Crippen LogP contribution is -2.34. The number of aromatic amines is 1. The van der Waals surface area contributed by atoms with Crippen LogP contribution in [0, 0.1) is 5.82 Å². The van der Waals surface area contributed by atoms with Crippen LogP contribution in [0.5, 0.6) is 17.2 Å². The Morgan fingerprint density at radius 1 is 1.00 bits per heavy atom. The second kappa shape index (κ2) is 10.3. The Hall–Kier alpha value is -3.81. The second-order valence-corrected chi connectivity index (χ2v) is 9.78. The molecule has 1 amide bonds. The summed E-state index contributed by atoms with van der Waals surface area (Å²) in [6.07, 6.45) is 4.42. The van der Waals surface area contributed by atoms with Crippen molar-refractivity contribution >= 4 is 5.91 Å². The molecule has 0 radical (unpaired) electrons. The monoisotopic (exact) mass is 506 g/mol. The predicted octanol–water partition coefficient (Wildman–Crippen LogP) is 5.19. The number of carbonyl (C=O) groups is 1. The molecule has 1 saturated carbocycles. The van der Waals surface area contributed by atoms with E-state index in [9.17, 15) is 19.1 Å². The van der Waals surface area contributed by atoms with Crippen molar-refractivity contribution in [2.45, 2.75) is 43.9 Å². The van der Waals surface area contributed by atoms with Gasteiger partial charge in [0.2, 0.25) is 0 Å². The number of carbonyl (C=O) groups excluding carboxylic acids is 1. The van der Waals surface area contributed by atoms with Crippen LogP contribution >= 0.6 is 0 Å². The number of nitrogens with zero attached hydrogens (tertiary/aromatic N) is 1. The minimum Gasteiger partial charge on any atom is -0.506 e. The Morgan fingerprint density at radius 3 is 2.32 bits per heavy atom. The highest BCUT2D eigenvalue weighted by atomic mass is 19.1. The number of nitrogens with one attached hydrogen (secondary N) is 1. The van der Waals surface area contributed by atoms with Gasteiger partial charge in [-0.3, -0.25) is 9.59 Å². The summed E-state index contributed by atoms with van der Waals surface area (Å²) in [5.74, 6) is -0.324. The van der Waals surface area contributed by atoms with E-state index in [1.54, 1.807) is 29.2 Å². The molecule has 1 unspecified atom stereocenters. The summed E-state index contributed by atoms with van der Waals surface area (Å²) in [5, 5.41) is 11.6. The van der Waals surface area contributed by atoms with E-state index >= 15 is 0 Å². The first-order valence-electron chi connectivity index (χ1n) is 12.7. The number of likely N-dealkylation sites (tertiary alicyclic amines) is 1. The van der Waals surface area contributed by atoms with Crippen LogP contribution in [0.25, 0.3) is 11.1 Å². The molecule has 5 rings (SSSR count). The van der Waals surface area contributed by atoms with Crippen LogP contribution in [0.1, 0.15) is 65.6 Å². The fraction of sp³-hybridized carbons (Fsp3) is 0.379. The van der Waals surface area contributed by atoms with Gasteiger partial charge in [-0.15, -0.1) is 0 Å². The molecular weight excluding hydrogens is 475 g/mol. The van der Waals surface area contributed by atoms with Crippen molar-refractivity contribution < 1.29 is 23.8 Å². The molecule has 3 aromatic rings. The Morgan fingerprint density at radius 2 is 1.68 bits per heavy atom. The van der Waals surface area contributed by atoms with Crippen molar-refractivity contribution in [3.63, 3.8) is 0 Å². The lowest BCUT2D eigenvalue weighted by molar-refractivity contribution is 0.0786. The van der Waals surface area contributed by atoms with Crippen molar-refractivity contribution in [2.75, 3.05) is 27.3 Å². The smallest absolute Gasteiger partial charge is 0.264 e. The van der Waals surface area contributed by atoms with Crippen molar-refractivity contribution in [3.05, 3.63) is 75.5 Å². The van der Waals surface area contributed by atoms with Gasteiger partial charge in [0.15, 0.2) is 0 Å². The molecule has 1 aliphatic carbocycles. The maximum absolute atomic E-state index is 13.8. The number of hydrogen-bond donors (Lipinski definition) is 2. The van der Waals surface area contributed by atoms with E-state index in [-0.39, 0.29) is 29.0 Å². The summed E-state index contributed by atoms with van der Waals surface area (Å²) in [6, 6.07) is 11.7. The van der Waals surface area contributed by atoms with Crippen LogP contribution in [-0.4, -0.2) is 48.2 Å². The molecule has 0 bridgehead atoms. The normalized spacial score (nSPS) is 17.8. The average molecular weight is 507 g/mol. The van der Waals surface area contributed by atoms with Gasteiger partial charge in [-0.2, -0.15) is 0 Å². The first-order chi connectivity index (χ1) is 17.9. The molecule has 2 aliphatic rings. The van der Waals surface area contributed by atoms with Crippen LogP contribution in [0.3, 0.4) is 0 Å². The summed E-state index contributed by atoms with van der Waals surface area (Å²) in [6.45, 7) is 0.732. The third kappa shape index (κ3) is 4.56. The number of benzene rings is 2. The Bertz CT molecular complexity index is 1360. The fourth-order valence-corrected chi connectivity index (χ4v) is 5.81. The summed E-state index contributed by atoms with van der Waals surface area (Å²) >= 11 is 0. The largest absolute Gasteiger partial charge is 0.506 e. The number of aromatic hydroxyl groups is 1. The second-order valence-electron chi connectivity index (χ2n) is 9.78. The van der Waals surface area contributed by atoms with Gasteiger partial charge in [-0.05, 0) is 55.0 Å². The van der Waals surface area contributed by atoms with Crippen molar-refractivity contribution in [2.24, 2.45) is 0 Å². The van der Waals surface area contributed by atoms with Gasteiger partial charge >= 0.3 is 0 Å². The highest BCUT2D eigenvalue weighted by molar-refractivity contribution is 6.00. The van der Waals surface area contributed by atoms with E-state index in [1.165, 1.54) is 26.4 Å². The lowest BCUT2D eigenvalue weighted by Gasteiger charge is -2.23. The molecule has 2 fully saturated rings. The molecule has 1 aromatic heterocycles. The van der Waals surface area contributed by atoms with Gasteiger partial charge in [-0.25, -0.2) is 4.39 Å². The molecule has 1 atom stereocenters. The van der Waals surface area contributed by atoms with Gasteiger partial charge < -0.3 is 24.5 Å². The molecular formula is C29H31FN2O5. The van der Waals surface area contributed by atoms with Crippen molar-refractivity contribution in [1.82, 2.24) is 9.88 Å². The highest BCUT2D eigenvalue weighted by Gasteiger charge is 2.35. The summed E-state index contributed by atoms with van der Waals surface area (Å²) in [7, 11) is 3.05. The first kappa shape index (κ1) is 24.9. The Kier molecular flexibility index (Phi) is 6.91. The minimum atomic E-state index is -0.615. The van der Waals surface area contributed by atoms with E-state index in [0.717, 1.165) is 31.2 Å². The van der Waals surface area contributed by atoms with Crippen LogP contribution in [0.2, 0.25) is 0 Å². The number of pyridine rings is 1. The van der Waals surface area contributed by atoms with Gasteiger partial charge in [0.05, 0.1) is 25.3 Å². The standard InChI is InChI=1S/C29H31FN2O5/c1-36-21-11-6-12-22(37-2)23(21)24-26(17-7-3-4-8-17)31-28(34)25(27(24)33)29(35)32-14-13-19(16-32)18-9-5-10-20(30)15-18/h5-6,9-12,15,17,19H,3-4,7-8,13-14,16H2,1-2H3,(H2,31,33,34). The third-order valence-corrected chi connectivity index (χ3v) is 7.67. The van der Waals surface area contributed by atoms with E-state index in [2.05, 4.69) is 4.98 Å². The van der Waals surface area contributed by atoms with E-state index < -0.39 is 11.5 Å². The number of aromatic nitrogens is 1. The maximum atomic E-state index is 13.8. The third-order valence-electron chi connectivity index (χ3n) is 7.67. The number of ether oxygens (including phenoxy) is 2. The fourth-order valence-electron chi connectivity index (χ4n) is 5.81. The van der Waals surface area contributed by atoms with Crippen LogP contribution in [-0.2, 0) is 0 Å². The molecule has 7 nitrogen and oxygen atoms in total. The number of H-pyrrole nitrogens is 1. The van der Waals surface area contributed by atoms with Crippen LogP contribution in [0.4, 0.5) is 4.39 Å². The van der Waals surface area contributed by atoms with Crippen LogP contribution < -0.4 is 15.0 Å². The summed E-state index contributed by atoms with van der Waals surface area (Å²) in [5.41, 5.74) is 1.35. The van der Waals surface area contributed by atoms with E-state index in [1.807, 2.05) is 6.07 Å². The molecule has 37 heavy (non-hydrogen) atoms. The number of hydrogen-bond acceptors (Lipinski definition) is 5. The maximum Gasteiger partial charge on any atom is 0.264 e. The minimum absolute atomic E-state index is 0.0384. The highest BCUT2D eigenvalue weighted by Crippen LogP contribution is 2.48. The topological polar surface area (TPSA) is 91.9 Å². The molecule has 2 heterocycles. The SMILES string of the molecule is COc1cccc(OC)c1-c1c(C2CCCC2)[nH]c(=O)c(C(=O)N2CCC(c3cccc(F)c3)C2)c1O. The van der Waals surface area contributed by atoms with E-state index in [0.29, 0.717) is 47.8 Å². The molecule has 0 spiro atoms. The molecule has 2 N–H and O–H groups in total. The molecule has 8 heteroatoms. The van der Waals surface area contributed by atoms with Crippen molar-refractivity contribution in [3.8, 4) is 28.4 Å². The number of amides is 1. The van der Waals surface area contributed by atoms with Crippen molar-refractivity contribution in [1.29, 1.82) is 0 Å². The van der Waals surface area contributed by atoms with Gasteiger partial charge in [-0.1, -0.05) is 31.0 Å². The molecule has 194 valence electrons. The Balaban J connectivity index is 1.60. The quantitative estimate of drug-likeness (QED) is 0.480. The van der Waals surface area contributed by atoms with Crippen LogP contribution in [0.15, 0.2) is 47.3 Å². The number of halogens is 1. The predicted molar refractivity (Wildman–Crippen MR) is 138 cm³/mol. The first-order valence-corrected chi connectivity index (χ1v) is 12.7. The summed E-state index contributed by atoms with van der Waals surface area (Å²) < 4.78 is 25.0. The Labute approximate surface area is 214 Å². The van der Waals surface area contributed by atoms with E-state index in [4.69, 9.17) is 9.47 Å². The zero-order valence-electron chi connectivity index (χ0n) is 21.1. The number of rotatable bonds is 6. The lowest BCUT2D eigenvalue weighted by atomic mass is 9.91.